The lowest BCUT2D eigenvalue weighted by atomic mass is 9.81. The van der Waals surface area contributed by atoms with Crippen molar-refractivity contribution in [3.05, 3.63) is 54.1 Å². The van der Waals surface area contributed by atoms with Crippen LogP contribution in [0.15, 0.2) is 48.5 Å². The molecule has 4 heteroatoms. The Labute approximate surface area is 142 Å². The van der Waals surface area contributed by atoms with Gasteiger partial charge in [-0.25, -0.2) is 0 Å². The van der Waals surface area contributed by atoms with Crippen LogP contribution in [-0.4, -0.2) is 31.3 Å². The van der Waals surface area contributed by atoms with Crippen LogP contribution >= 0.6 is 0 Å². The van der Waals surface area contributed by atoms with Crippen LogP contribution in [0.1, 0.15) is 12.0 Å². The molecule has 0 radical (unpaired) electrons. The van der Waals surface area contributed by atoms with Crippen molar-refractivity contribution in [3.63, 3.8) is 0 Å². The maximum atomic E-state index is 11.7. The van der Waals surface area contributed by atoms with Crippen LogP contribution in [0.4, 0.5) is 5.69 Å². The summed E-state index contributed by atoms with van der Waals surface area (Å²) in [7, 11) is 1.90. The number of rotatable bonds is 5. The molecule has 1 saturated heterocycles. The highest BCUT2D eigenvalue weighted by molar-refractivity contribution is 5.71. The van der Waals surface area contributed by atoms with Crippen LogP contribution in [0.25, 0.3) is 11.1 Å². The first-order chi connectivity index (χ1) is 11.7. The molecule has 1 fully saturated rings. The molecule has 0 saturated carbocycles. The van der Waals surface area contributed by atoms with Crippen LogP contribution in [-0.2, 0) is 11.2 Å². The van der Waals surface area contributed by atoms with E-state index in [2.05, 4.69) is 41.8 Å². The Balaban J connectivity index is 1.89. The molecule has 1 heterocycles. The van der Waals surface area contributed by atoms with E-state index in [9.17, 15) is 4.79 Å². The number of nitrogens with zero attached hydrogens (tertiary/aromatic N) is 2. The summed E-state index contributed by atoms with van der Waals surface area (Å²) in [6.07, 6.45) is 4.58. The van der Waals surface area contributed by atoms with Gasteiger partial charge in [0.05, 0.1) is 0 Å². The van der Waals surface area contributed by atoms with E-state index in [1.807, 2.05) is 25.2 Å². The van der Waals surface area contributed by atoms with Gasteiger partial charge in [0.25, 0.3) is 0 Å². The van der Waals surface area contributed by atoms with Crippen molar-refractivity contribution >= 4 is 12.0 Å². The van der Waals surface area contributed by atoms with Gasteiger partial charge in [0, 0.05) is 31.2 Å². The zero-order valence-electron chi connectivity index (χ0n) is 13.8. The lowest BCUT2D eigenvalue weighted by molar-refractivity contribution is -0.115. The molecule has 0 bridgehead atoms. The number of nitriles is 1. The molecule has 1 aliphatic rings. The molecule has 1 atom stereocenters. The third-order valence-corrected chi connectivity index (χ3v) is 4.81. The van der Waals surface area contributed by atoms with E-state index < -0.39 is 5.41 Å². The minimum absolute atomic E-state index is 0.463. The van der Waals surface area contributed by atoms with Crippen LogP contribution in [0.5, 0.6) is 0 Å². The number of aldehydes is 1. The van der Waals surface area contributed by atoms with Gasteiger partial charge in [-0.3, -0.25) is 0 Å². The molecular weight excluding hydrogens is 298 g/mol. The monoisotopic (exact) mass is 319 g/mol. The summed E-state index contributed by atoms with van der Waals surface area (Å²) >= 11 is 0. The van der Waals surface area contributed by atoms with Crippen molar-refractivity contribution in [1.29, 1.82) is 5.26 Å². The summed E-state index contributed by atoms with van der Waals surface area (Å²) in [5.41, 5.74) is 4.00. The number of carbonyl (C=O) groups is 1. The summed E-state index contributed by atoms with van der Waals surface area (Å²) in [5.74, 6) is 0. The molecule has 4 nitrogen and oxygen atoms in total. The van der Waals surface area contributed by atoms with E-state index in [4.69, 9.17) is 5.26 Å². The van der Waals surface area contributed by atoms with Gasteiger partial charge in [-0.15, -0.1) is 0 Å². The summed E-state index contributed by atoms with van der Waals surface area (Å²) in [6, 6.07) is 16.5. The Kier molecular flexibility index (Phi) is 4.52. The smallest absolute Gasteiger partial charge is 0.179 e. The molecule has 0 amide bonds. The predicted octanol–water partition coefficient (Wildman–Crippen LogP) is 3.31. The maximum absolute atomic E-state index is 11.7. The standard InChI is InChI=1S/C20H21N3O/c1-22-19-11-17(16-5-3-2-4-6-16)7-8-18(19)12-20(14-24)9-10-23(13-20)15-21/h2-8,11,14,22H,9-10,12-13H2,1H3. The maximum Gasteiger partial charge on any atom is 0.179 e. The van der Waals surface area contributed by atoms with E-state index in [1.54, 1.807) is 4.90 Å². The fourth-order valence-electron chi connectivity index (χ4n) is 3.42. The number of nitrogens with one attached hydrogen (secondary N) is 1. The number of hydrogen-bond acceptors (Lipinski definition) is 4. The zero-order valence-corrected chi connectivity index (χ0v) is 13.8. The number of likely N-dealkylation sites (tertiary alicyclic amines) is 1. The molecule has 24 heavy (non-hydrogen) atoms. The molecule has 1 aliphatic heterocycles. The van der Waals surface area contributed by atoms with Gasteiger partial charge in [0.2, 0.25) is 0 Å². The first kappa shape index (κ1) is 16.1. The SMILES string of the molecule is CNc1cc(-c2ccccc2)ccc1CC1(C=O)CCN(C#N)C1. The number of benzene rings is 2. The van der Waals surface area contributed by atoms with Crippen LogP contribution in [0.2, 0.25) is 0 Å². The second kappa shape index (κ2) is 6.76. The predicted molar refractivity (Wildman–Crippen MR) is 95.4 cm³/mol. The van der Waals surface area contributed by atoms with Gasteiger partial charge in [-0.2, -0.15) is 5.26 Å². The Bertz CT molecular complexity index is 766. The minimum atomic E-state index is -0.463. The normalized spacial score (nSPS) is 19.8. The van der Waals surface area contributed by atoms with Gasteiger partial charge in [0.15, 0.2) is 6.19 Å². The fourth-order valence-corrected chi connectivity index (χ4v) is 3.42. The third kappa shape index (κ3) is 3.11. The van der Waals surface area contributed by atoms with Crippen LogP contribution < -0.4 is 5.32 Å². The summed E-state index contributed by atoms with van der Waals surface area (Å²) < 4.78 is 0. The van der Waals surface area contributed by atoms with Crippen molar-refractivity contribution in [2.24, 2.45) is 5.41 Å². The van der Waals surface area contributed by atoms with E-state index in [0.29, 0.717) is 19.5 Å². The van der Waals surface area contributed by atoms with Crippen molar-refractivity contribution < 1.29 is 4.79 Å². The Morgan fingerprint density at radius 1 is 1.25 bits per heavy atom. The number of hydrogen-bond donors (Lipinski definition) is 1. The second-order valence-electron chi connectivity index (χ2n) is 6.42. The Hall–Kier alpha value is -2.80. The molecule has 0 aliphatic carbocycles. The highest BCUT2D eigenvalue weighted by Crippen LogP contribution is 2.35. The molecular formula is C20H21N3O. The molecule has 0 aromatic heterocycles. The van der Waals surface area contributed by atoms with Crippen molar-refractivity contribution in [2.45, 2.75) is 12.8 Å². The van der Waals surface area contributed by atoms with Gasteiger partial charge in [-0.05, 0) is 35.6 Å². The van der Waals surface area contributed by atoms with Crippen LogP contribution in [0, 0.1) is 16.9 Å². The van der Waals surface area contributed by atoms with E-state index in [1.165, 1.54) is 5.56 Å². The second-order valence-corrected chi connectivity index (χ2v) is 6.42. The topological polar surface area (TPSA) is 56.1 Å². The minimum Gasteiger partial charge on any atom is -0.388 e. The van der Waals surface area contributed by atoms with Gasteiger partial charge in [0.1, 0.15) is 6.29 Å². The molecule has 122 valence electrons. The third-order valence-electron chi connectivity index (χ3n) is 4.81. The zero-order chi connectivity index (χ0) is 17.0. The van der Waals surface area contributed by atoms with Crippen molar-refractivity contribution in [1.82, 2.24) is 4.90 Å². The molecule has 2 aromatic rings. The van der Waals surface area contributed by atoms with Gasteiger partial charge in [-0.1, -0.05) is 42.5 Å². The van der Waals surface area contributed by atoms with E-state index in [-0.39, 0.29) is 0 Å². The molecule has 3 rings (SSSR count). The Morgan fingerprint density at radius 2 is 2.04 bits per heavy atom. The quantitative estimate of drug-likeness (QED) is 0.678. The summed E-state index contributed by atoms with van der Waals surface area (Å²) in [5, 5.41) is 12.3. The van der Waals surface area contributed by atoms with Crippen molar-refractivity contribution in [3.8, 4) is 17.3 Å². The Morgan fingerprint density at radius 3 is 2.67 bits per heavy atom. The molecule has 0 spiro atoms. The average Bonchev–Trinajstić information content (AvgIpc) is 3.06. The lowest BCUT2D eigenvalue weighted by Gasteiger charge is -2.23. The van der Waals surface area contributed by atoms with Crippen LogP contribution in [0.3, 0.4) is 0 Å². The lowest BCUT2D eigenvalue weighted by Crippen LogP contribution is -2.29. The van der Waals surface area contributed by atoms with Crippen molar-refractivity contribution in [2.75, 3.05) is 25.5 Å². The highest BCUT2D eigenvalue weighted by Gasteiger charge is 2.38. The summed E-state index contributed by atoms with van der Waals surface area (Å²) in [4.78, 5) is 13.4. The molecule has 2 aromatic carbocycles. The number of carbonyl (C=O) groups excluding carboxylic acids is 1. The molecule has 1 N–H and O–H groups in total. The first-order valence-corrected chi connectivity index (χ1v) is 8.17. The largest absolute Gasteiger partial charge is 0.388 e. The average molecular weight is 319 g/mol. The number of anilines is 1. The first-order valence-electron chi connectivity index (χ1n) is 8.17. The van der Waals surface area contributed by atoms with Gasteiger partial charge < -0.3 is 15.0 Å². The molecule has 1 unspecified atom stereocenters. The summed E-state index contributed by atoms with van der Waals surface area (Å²) in [6.45, 7) is 1.17. The van der Waals surface area contributed by atoms with E-state index >= 15 is 0 Å². The highest BCUT2D eigenvalue weighted by atomic mass is 16.1. The van der Waals surface area contributed by atoms with E-state index in [0.717, 1.165) is 29.5 Å². The fraction of sp³-hybridized carbons (Fsp3) is 0.300. The van der Waals surface area contributed by atoms with Gasteiger partial charge >= 0.3 is 0 Å².